The molecule has 0 radical (unpaired) electrons. The Balaban J connectivity index is 4.33. The first-order chi connectivity index (χ1) is 28.6. The lowest BCUT2D eigenvalue weighted by Gasteiger charge is -2.24. The average Bonchev–Trinajstić information content (AvgIpc) is 3.19. The predicted octanol–water partition coefficient (Wildman–Crippen LogP) is 14.1. The van der Waals surface area contributed by atoms with Crippen molar-refractivity contribution < 1.29 is 37.3 Å². The third-order valence-electron chi connectivity index (χ3n) is 9.44. The van der Waals surface area contributed by atoms with Crippen LogP contribution < -0.4 is 0 Å². The average molecular weight is 847 g/mol. The second-order valence-corrected chi connectivity index (χ2v) is 17.9. The van der Waals surface area contributed by atoms with Gasteiger partial charge in [0.15, 0.2) is 0 Å². The van der Waals surface area contributed by atoms with Crippen LogP contribution in [0.5, 0.6) is 0 Å². The van der Waals surface area contributed by atoms with Crippen molar-refractivity contribution in [3.63, 3.8) is 0 Å². The molecule has 2 atom stereocenters. The van der Waals surface area contributed by atoms with E-state index in [1.165, 1.54) is 77.0 Å². The number of phosphoric acid groups is 1. The number of unbranched alkanes of at least 4 members (excludes halogenated alkanes) is 14. The van der Waals surface area contributed by atoms with Crippen LogP contribution in [0.1, 0.15) is 168 Å². The van der Waals surface area contributed by atoms with Gasteiger partial charge in [-0.15, -0.1) is 0 Å². The molecule has 0 aliphatic heterocycles. The third-order valence-corrected chi connectivity index (χ3v) is 10.4. The molecule has 0 saturated heterocycles. The largest absolute Gasteiger partial charge is 0.472 e. The van der Waals surface area contributed by atoms with Gasteiger partial charge in [0.1, 0.15) is 19.3 Å². The Morgan fingerprint density at radius 2 is 0.983 bits per heavy atom. The second kappa shape index (κ2) is 42.4. The zero-order valence-corrected chi connectivity index (χ0v) is 39.4. The number of likely N-dealkylation sites (N-methyl/N-ethyl adjacent to an activating group) is 1. The number of hydrogen-bond donors (Lipinski definition) is 1. The molecule has 0 amide bonds. The van der Waals surface area contributed by atoms with E-state index in [0.717, 1.165) is 64.2 Å². The summed E-state index contributed by atoms with van der Waals surface area (Å²) in [7, 11) is 1.62. The quantitative estimate of drug-likeness (QED) is 0.0215. The molecule has 0 aromatic rings. The topological polar surface area (TPSA) is 91.3 Å². The van der Waals surface area contributed by atoms with E-state index in [2.05, 4.69) is 98.9 Å². The highest BCUT2D eigenvalue weighted by Gasteiger charge is 2.26. The van der Waals surface area contributed by atoms with Crippen molar-refractivity contribution in [3.05, 3.63) is 85.1 Å². The van der Waals surface area contributed by atoms with E-state index in [1.54, 1.807) is 0 Å². The normalized spacial score (nSPS) is 14.5. The van der Waals surface area contributed by atoms with Gasteiger partial charge >= 0.3 is 13.8 Å². The lowest BCUT2D eigenvalue weighted by Crippen LogP contribution is -2.37. The number of carbonyl (C=O) groups is 1. The number of carbonyl (C=O) groups excluding carboxylic acids is 1. The summed E-state index contributed by atoms with van der Waals surface area (Å²) in [6.45, 7) is 5.41. The van der Waals surface area contributed by atoms with Gasteiger partial charge in [0.25, 0.3) is 0 Å². The summed E-state index contributed by atoms with van der Waals surface area (Å²) in [6, 6.07) is 0. The van der Waals surface area contributed by atoms with Crippen LogP contribution in [0.4, 0.5) is 0 Å². The predicted molar refractivity (Wildman–Crippen MR) is 251 cm³/mol. The monoisotopic (exact) mass is 847 g/mol. The lowest BCUT2D eigenvalue weighted by atomic mass is 10.1. The highest BCUT2D eigenvalue weighted by atomic mass is 31.2. The van der Waals surface area contributed by atoms with Crippen molar-refractivity contribution in [2.24, 2.45) is 0 Å². The van der Waals surface area contributed by atoms with Crippen LogP contribution in [0.2, 0.25) is 0 Å². The molecule has 2 unspecified atom stereocenters. The van der Waals surface area contributed by atoms with Crippen molar-refractivity contribution in [2.45, 2.75) is 174 Å². The Morgan fingerprint density at radius 3 is 1.49 bits per heavy atom. The molecule has 0 bridgehead atoms. The van der Waals surface area contributed by atoms with Crippen molar-refractivity contribution in [1.82, 2.24) is 0 Å². The van der Waals surface area contributed by atoms with E-state index in [1.807, 2.05) is 21.1 Å². The number of rotatable bonds is 42. The molecule has 0 rings (SSSR count). The fourth-order valence-corrected chi connectivity index (χ4v) is 6.58. The van der Waals surface area contributed by atoms with Crippen LogP contribution in [0, 0.1) is 0 Å². The smallest absolute Gasteiger partial charge is 0.457 e. The molecule has 59 heavy (non-hydrogen) atoms. The zero-order valence-electron chi connectivity index (χ0n) is 38.5. The second-order valence-electron chi connectivity index (χ2n) is 16.4. The Kier molecular flexibility index (Phi) is 40.7. The number of nitrogens with zero attached hydrogens (tertiary/aromatic N) is 1. The van der Waals surface area contributed by atoms with E-state index in [-0.39, 0.29) is 32.2 Å². The number of quaternary nitrogens is 1. The standard InChI is InChI=1S/C50H88NO7P/c1-6-8-10-12-14-16-18-20-22-24-25-26-27-28-29-31-33-35-37-39-41-43-50(52)58-49(48-57-59(53,54)56-46-44-51(3,4)5)47-55-45-42-40-38-36-34-32-30-23-21-19-17-15-13-11-9-7-2/h8,10,14,16,20-23,25-26,28-29,33,35,49H,6-7,9,11-13,15,17-19,24,27,30-32,34,36-48H2,1-5H3/p+1/b10-8-,16-14-,22-20-,23-21-,26-25-,29-28-,35-33-. The van der Waals surface area contributed by atoms with Crippen LogP contribution in [-0.4, -0.2) is 75.6 Å². The molecule has 0 saturated carbocycles. The molecule has 8 nitrogen and oxygen atoms in total. The molecule has 0 fully saturated rings. The maximum Gasteiger partial charge on any atom is 0.472 e. The number of esters is 1. The highest BCUT2D eigenvalue weighted by Crippen LogP contribution is 2.43. The minimum Gasteiger partial charge on any atom is -0.457 e. The van der Waals surface area contributed by atoms with Crippen molar-refractivity contribution in [1.29, 1.82) is 0 Å². The summed E-state index contributed by atoms with van der Waals surface area (Å²) in [4.78, 5) is 22.9. The molecular formula is C50H89NO7P+. The fraction of sp³-hybridized carbons (Fsp3) is 0.700. The van der Waals surface area contributed by atoms with Crippen molar-refractivity contribution in [2.75, 3.05) is 54.1 Å². The first-order valence-electron chi connectivity index (χ1n) is 23.3. The van der Waals surface area contributed by atoms with Crippen LogP contribution in [-0.2, 0) is 27.9 Å². The van der Waals surface area contributed by atoms with Crippen LogP contribution in [0.15, 0.2) is 85.1 Å². The van der Waals surface area contributed by atoms with Crippen molar-refractivity contribution >= 4 is 13.8 Å². The van der Waals surface area contributed by atoms with Gasteiger partial charge in [-0.25, -0.2) is 4.57 Å². The van der Waals surface area contributed by atoms with Gasteiger partial charge in [-0.3, -0.25) is 13.8 Å². The number of phosphoric ester groups is 1. The molecule has 340 valence electrons. The maximum atomic E-state index is 12.7. The molecule has 0 aromatic heterocycles. The van der Waals surface area contributed by atoms with E-state index >= 15 is 0 Å². The molecule has 0 aromatic carbocycles. The van der Waals surface area contributed by atoms with E-state index in [4.69, 9.17) is 18.5 Å². The Hall–Kier alpha value is -2.32. The first kappa shape index (κ1) is 56.7. The van der Waals surface area contributed by atoms with Gasteiger partial charge in [-0.2, -0.15) is 0 Å². The minimum absolute atomic E-state index is 0.0744. The van der Waals surface area contributed by atoms with Gasteiger partial charge in [0, 0.05) is 13.0 Å². The number of allylic oxidation sites excluding steroid dienone is 14. The van der Waals surface area contributed by atoms with Gasteiger partial charge < -0.3 is 18.9 Å². The SMILES string of the molecule is CC/C=C\C/C=C\C/C=C\C/C=C\C/C=C\C/C=C\CCCCC(=O)OC(COCCCCCCCC/C=C\CCCCCCCC)COP(=O)(O)OCC[N+](C)(C)C. The van der Waals surface area contributed by atoms with Crippen LogP contribution in [0.25, 0.3) is 0 Å². The third kappa shape index (κ3) is 46.6. The lowest BCUT2D eigenvalue weighted by molar-refractivity contribution is -0.870. The van der Waals surface area contributed by atoms with Crippen LogP contribution >= 0.6 is 7.82 Å². The van der Waals surface area contributed by atoms with Crippen molar-refractivity contribution in [3.8, 4) is 0 Å². The van der Waals surface area contributed by atoms with E-state index in [0.29, 0.717) is 24.1 Å². The summed E-state index contributed by atoms with van der Waals surface area (Å²) in [5.41, 5.74) is 0. The molecule has 0 heterocycles. The molecule has 0 spiro atoms. The summed E-state index contributed by atoms with van der Waals surface area (Å²) >= 11 is 0. The Morgan fingerprint density at radius 1 is 0.542 bits per heavy atom. The molecule has 0 aliphatic rings. The molecule has 0 aliphatic carbocycles. The summed E-state index contributed by atoms with van der Waals surface area (Å²) in [5, 5.41) is 0. The maximum absolute atomic E-state index is 12.7. The van der Waals surface area contributed by atoms with E-state index in [9.17, 15) is 14.3 Å². The van der Waals surface area contributed by atoms with Gasteiger partial charge in [-0.1, -0.05) is 157 Å². The fourth-order valence-electron chi connectivity index (χ4n) is 5.84. The van der Waals surface area contributed by atoms with Gasteiger partial charge in [-0.05, 0) is 89.9 Å². The first-order valence-corrected chi connectivity index (χ1v) is 24.8. The molecule has 9 heteroatoms. The Bertz CT molecular complexity index is 1210. The summed E-state index contributed by atoms with van der Waals surface area (Å²) < 4.78 is 35.0. The van der Waals surface area contributed by atoms with E-state index < -0.39 is 13.9 Å². The van der Waals surface area contributed by atoms with Gasteiger partial charge in [0.2, 0.25) is 0 Å². The molecular weight excluding hydrogens is 758 g/mol. The van der Waals surface area contributed by atoms with Gasteiger partial charge in [0.05, 0.1) is 34.4 Å². The van der Waals surface area contributed by atoms with Crippen LogP contribution in [0.3, 0.4) is 0 Å². The summed E-state index contributed by atoms with van der Waals surface area (Å²) in [5.74, 6) is -0.360. The number of ether oxygens (including phenoxy) is 2. The zero-order chi connectivity index (χ0) is 43.4. The number of hydrogen-bond acceptors (Lipinski definition) is 6. The minimum atomic E-state index is -4.30. The highest BCUT2D eigenvalue weighted by molar-refractivity contribution is 7.47. The summed E-state index contributed by atoms with van der Waals surface area (Å²) in [6.07, 6.45) is 56.2. The Labute approximate surface area is 363 Å². The molecule has 1 N–H and O–H groups in total.